The molecule has 0 aromatic heterocycles. The van der Waals surface area contributed by atoms with E-state index in [2.05, 4.69) is 11.5 Å². The summed E-state index contributed by atoms with van der Waals surface area (Å²) < 4.78 is 0. The van der Waals surface area contributed by atoms with Crippen molar-refractivity contribution in [1.82, 2.24) is 4.90 Å². The van der Waals surface area contributed by atoms with Crippen molar-refractivity contribution < 1.29 is 4.79 Å². The summed E-state index contributed by atoms with van der Waals surface area (Å²) in [5.41, 5.74) is 3.20. The molecule has 0 unspecified atom stereocenters. The molecule has 2 nitrogen and oxygen atoms in total. The number of halogens is 1. The largest absolute Gasteiger partial charge is 0.376 e. The molecule has 0 radical (unpaired) electrons. The fraction of sp³-hybridized carbons (Fsp3) is 0.312. The molecule has 0 aliphatic heterocycles. The van der Waals surface area contributed by atoms with E-state index in [4.69, 9.17) is 11.6 Å². The average Bonchev–Trinajstić information content (AvgIpc) is 2.37. The molecule has 1 aromatic carbocycles. The minimum absolute atomic E-state index is 0.296. The summed E-state index contributed by atoms with van der Waals surface area (Å²) in [7, 11) is 1.99. The number of allylic oxidation sites excluding steroid dienone is 2. The molecular weight excluding hydrogens is 258 g/mol. The molecule has 0 atom stereocenters. The monoisotopic (exact) mass is 275 g/mol. The number of carbonyl (C=O) groups is 1. The molecule has 0 saturated heterocycles. The van der Waals surface area contributed by atoms with Gasteiger partial charge in [-0.3, -0.25) is 4.79 Å². The van der Waals surface area contributed by atoms with Crippen LogP contribution in [0.4, 0.5) is 0 Å². The van der Waals surface area contributed by atoms with Gasteiger partial charge in [-0.15, -0.1) is 0 Å². The van der Waals surface area contributed by atoms with E-state index in [1.807, 2.05) is 37.5 Å². The molecule has 1 aliphatic rings. The lowest BCUT2D eigenvalue weighted by molar-refractivity contribution is -0.118. The van der Waals surface area contributed by atoms with E-state index in [1.165, 1.54) is 0 Å². The van der Waals surface area contributed by atoms with Gasteiger partial charge in [0.2, 0.25) is 0 Å². The summed E-state index contributed by atoms with van der Waals surface area (Å²) in [5.74, 6) is 0.296. The van der Waals surface area contributed by atoms with Crippen LogP contribution in [0.25, 0.3) is 0 Å². The van der Waals surface area contributed by atoms with Gasteiger partial charge in [0.1, 0.15) is 5.78 Å². The van der Waals surface area contributed by atoms with E-state index in [1.54, 1.807) is 0 Å². The van der Waals surface area contributed by atoms with Crippen LogP contribution < -0.4 is 0 Å². The quantitative estimate of drug-likeness (QED) is 0.832. The van der Waals surface area contributed by atoms with E-state index >= 15 is 0 Å². The average molecular weight is 276 g/mol. The number of nitrogens with zero attached hydrogens (tertiary/aromatic N) is 1. The summed E-state index contributed by atoms with van der Waals surface area (Å²) in [6, 6.07) is 7.80. The summed E-state index contributed by atoms with van der Waals surface area (Å²) in [4.78, 5) is 13.5. The number of hydrogen-bond acceptors (Lipinski definition) is 2. The van der Waals surface area contributed by atoms with E-state index in [0.29, 0.717) is 18.6 Å². The third-order valence-corrected chi connectivity index (χ3v) is 3.67. The second-order valence-electron chi connectivity index (χ2n) is 4.98. The van der Waals surface area contributed by atoms with Gasteiger partial charge in [0.25, 0.3) is 0 Å². The zero-order valence-corrected chi connectivity index (χ0v) is 11.9. The van der Waals surface area contributed by atoms with Crippen molar-refractivity contribution in [2.45, 2.75) is 25.8 Å². The van der Waals surface area contributed by atoms with Crippen molar-refractivity contribution in [3.05, 3.63) is 58.8 Å². The summed E-state index contributed by atoms with van der Waals surface area (Å²) in [5, 5.41) is 0.770. The predicted octanol–water partition coefficient (Wildman–Crippen LogP) is 3.96. The fourth-order valence-corrected chi connectivity index (χ4v) is 2.42. The van der Waals surface area contributed by atoms with Crippen LogP contribution in [-0.2, 0) is 11.3 Å². The van der Waals surface area contributed by atoms with E-state index < -0.39 is 0 Å². The normalized spacial score (nSPS) is 17.9. The predicted molar refractivity (Wildman–Crippen MR) is 79.0 cm³/mol. The van der Waals surface area contributed by atoms with Crippen LogP contribution >= 0.6 is 11.6 Å². The lowest BCUT2D eigenvalue weighted by Gasteiger charge is -2.21. The van der Waals surface area contributed by atoms with Gasteiger partial charge in [0.15, 0.2) is 0 Å². The molecule has 0 heterocycles. The molecule has 0 bridgehead atoms. The second-order valence-corrected chi connectivity index (χ2v) is 5.39. The molecule has 2 rings (SSSR count). The Bertz CT molecular complexity index is 533. The van der Waals surface area contributed by atoms with Gasteiger partial charge in [-0.25, -0.2) is 0 Å². The summed E-state index contributed by atoms with van der Waals surface area (Å²) >= 11 is 6.14. The van der Waals surface area contributed by atoms with Crippen molar-refractivity contribution in [3.63, 3.8) is 0 Å². The molecule has 100 valence electrons. The van der Waals surface area contributed by atoms with Gasteiger partial charge in [-0.05, 0) is 29.2 Å². The molecule has 1 aliphatic carbocycles. The Balaban J connectivity index is 2.08. The molecule has 0 amide bonds. The van der Waals surface area contributed by atoms with Crippen LogP contribution in [0, 0.1) is 0 Å². The first-order valence-corrected chi connectivity index (χ1v) is 6.78. The van der Waals surface area contributed by atoms with Crippen LogP contribution in [0.3, 0.4) is 0 Å². The Hall–Kier alpha value is -1.54. The highest BCUT2D eigenvalue weighted by Crippen LogP contribution is 2.26. The molecule has 3 heteroatoms. The Morgan fingerprint density at radius 1 is 1.37 bits per heavy atom. The number of benzene rings is 1. The minimum Gasteiger partial charge on any atom is -0.376 e. The number of carbonyl (C=O) groups excluding carboxylic acids is 1. The van der Waals surface area contributed by atoms with Crippen molar-refractivity contribution in [3.8, 4) is 0 Å². The second kappa shape index (κ2) is 6.07. The first-order valence-electron chi connectivity index (χ1n) is 6.40. The standard InChI is InChI=1S/C16H18ClNO/c1-12-7-8-15(19)9-14(12)11-18(2)10-13-5-3-4-6-16(13)17/h3-6,11H,1,7-10H2,2H3/b14-11-. The fourth-order valence-electron chi connectivity index (χ4n) is 2.22. The minimum atomic E-state index is 0.296. The Morgan fingerprint density at radius 3 is 2.84 bits per heavy atom. The van der Waals surface area contributed by atoms with Crippen molar-refractivity contribution in [2.24, 2.45) is 0 Å². The van der Waals surface area contributed by atoms with Crippen molar-refractivity contribution in [2.75, 3.05) is 7.05 Å². The zero-order chi connectivity index (χ0) is 13.8. The molecule has 0 N–H and O–H groups in total. The highest BCUT2D eigenvalue weighted by Gasteiger charge is 2.16. The number of Topliss-reactive ketones (excluding diaryl/α,β-unsaturated/α-hetero) is 1. The third-order valence-electron chi connectivity index (χ3n) is 3.30. The van der Waals surface area contributed by atoms with Gasteiger partial charge in [0, 0.05) is 37.7 Å². The molecule has 1 fully saturated rings. The third kappa shape index (κ3) is 3.71. The van der Waals surface area contributed by atoms with Gasteiger partial charge in [-0.1, -0.05) is 36.4 Å². The van der Waals surface area contributed by atoms with Crippen LogP contribution in [0.1, 0.15) is 24.8 Å². The van der Waals surface area contributed by atoms with Gasteiger partial charge in [-0.2, -0.15) is 0 Å². The highest BCUT2D eigenvalue weighted by atomic mass is 35.5. The maximum absolute atomic E-state index is 11.5. The topological polar surface area (TPSA) is 20.3 Å². The Kier molecular flexibility index (Phi) is 4.43. The number of hydrogen-bond donors (Lipinski definition) is 0. The Labute approximate surface area is 119 Å². The Morgan fingerprint density at radius 2 is 2.11 bits per heavy atom. The SMILES string of the molecule is C=C1CCC(=O)C/C1=C/N(C)Cc1ccccc1Cl. The van der Waals surface area contributed by atoms with Gasteiger partial charge in [0.05, 0.1) is 0 Å². The van der Waals surface area contributed by atoms with Crippen LogP contribution in [0.15, 0.2) is 48.2 Å². The smallest absolute Gasteiger partial charge is 0.137 e. The van der Waals surface area contributed by atoms with Crippen LogP contribution in [0.5, 0.6) is 0 Å². The first kappa shape index (κ1) is 13.9. The molecule has 1 aromatic rings. The lowest BCUT2D eigenvalue weighted by Crippen LogP contribution is -2.15. The van der Waals surface area contributed by atoms with Crippen molar-refractivity contribution >= 4 is 17.4 Å². The van der Waals surface area contributed by atoms with Gasteiger partial charge < -0.3 is 4.90 Å². The van der Waals surface area contributed by atoms with E-state index in [-0.39, 0.29) is 0 Å². The number of rotatable bonds is 3. The molecule has 19 heavy (non-hydrogen) atoms. The van der Waals surface area contributed by atoms with Crippen LogP contribution in [0.2, 0.25) is 5.02 Å². The van der Waals surface area contributed by atoms with Crippen molar-refractivity contribution in [1.29, 1.82) is 0 Å². The van der Waals surface area contributed by atoms with E-state index in [9.17, 15) is 4.79 Å². The van der Waals surface area contributed by atoms with Crippen LogP contribution in [-0.4, -0.2) is 17.7 Å². The molecule has 1 saturated carbocycles. The maximum Gasteiger partial charge on any atom is 0.137 e. The molecule has 0 spiro atoms. The highest BCUT2D eigenvalue weighted by molar-refractivity contribution is 6.31. The molecular formula is C16H18ClNO. The summed E-state index contributed by atoms with van der Waals surface area (Å²) in [6.45, 7) is 4.76. The zero-order valence-electron chi connectivity index (χ0n) is 11.2. The number of ketones is 1. The summed E-state index contributed by atoms with van der Waals surface area (Å²) in [6.07, 6.45) is 3.93. The van der Waals surface area contributed by atoms with Gasteiger partial charge >= 0.3 is 0 Å². The first-order chi connectivity index (χ1) is 9.06. The maximum atomic E-state index is 11.5. The lowest BCUT2D eigenvalue weighted by atomic mass is 9.90. The van der Waals surface area contributed by atoms with E-state index in [0.717, 1.165) is 34.7 Å².